The zero-order chi connectivity index (χ0) is 15.5. The summed E-state index contributed by atoms with van der Waals surface area (Å²) in [5.74, 6) is 1.69. The average Bonchev–Trinajstić information content (AvgIpc) is 2.89. The van der Waals surface area contributed by atoms with E-state index in [9.17, 15) is 0 Å². The van der Waals surface area contributed by atoms with Crippen LogP contribution >= 0.6 is 0 Å². The van der Waals surface area contributed by atoms with Gasteiger partial charge in [0, 0.05) is 17.4 Å². The van der Waals surface area contributed by atoms with E-state index in [0.717, 1.165) is 18.0 Å². The highest BCUT2D eigenvalue weighted by molar-refractivity contribution is 5.82. The van der Waals surface area contributed by atoms with Crippen LogP contribution in [-0.2, 0) is 13.2 Å². The number of nitrogens with zero attached hydrogens (tertiary/aromatic N) is 1. The van der Waals surface area contributed by atoms with Gasteiger partial charge in [-0.1, -0.05) is 11.6 Å². The first-order valence-electron chi connectivity index (χ1n) is 7.57. The Kier molecular flexibility index (Phi) is 4.05. The topological polar surface area (TPSA) is 23.4 Å². The average molecular weight is 295 g/mol. The minimum absolute atomic E-state index is 0.563. The maximum absolute atomic E-state index is 5.92. The molecule has 3 rings (SSSR count). The Labute approximate surface area is 131 Å². The summed E-state index contributed by atoms with van der Waals surface area (Å²) >= 11 is 0. The van der Waals surface area contributed by atoms with Crippen molar-refractivity contribution in [1.29, 1.82) is 0 Å². The molecule has 0 amide bonds. The molecule has 2 aromatic carbocycles. The molecule has 0 atom stereocenters. The Morgan fingerprint density at radius 2 is 1.68 bits per heavy atom. The molecule has 3 aromatic rings. The van der Waals surface area contributed by atoms with Gasteiger partial charge >= 0.3 is 0 Å². The first-order valence-corrected chi connectivity index (χ1v) is 7.57. The van der Waals surface area contributed by atoms with E-state index in [0.29, 0.717) is 6.61 Å². The lowest BCUT2D eigenvalue weighted by Gasteiger charge is -2.10. The van der Waals surface area contributed by atoms with E-state index in [2.05, 4.69) is 42.7 Å². The van der Waals surface area contributed by atoms with Gasteiger partial charge in [-0.25, -0.2) is 0 Å². The van der Waals surface area contributed by atoms with Crippen LogP contribution in [0.4, 0.5) is 0 Å². The summed E-state index contributed by atoms with van der Waals surface area (Å²) in [5, 5.41) is 1.27. The predicted octanol–water partition coefficient (Wildman–Crippen LogP) is 4.56. The minimum Gasteiger partial charge on any atom is -0.497 e. The van der Waals surface area contributed by atoms with Crippen molar-refractivity contribution in [2.45, 2.75) is 27.0 Å². The molecule has 1 aromatic heterocycles. The molecule has 22 heavy (non-hydrogen) atoms. The first kappa shape index (κ1) is 14.5. The van der Waals surface area contributed by atoms with Crippen LogP contribution in [0.15, 0.2) is 48.5 Å². The molecule has 0 N–H and O–H groups in total. The summed E-state index contributed by atoms with van der Waals surface area (Å²) in [7, 11) is 1.66. The fourth-order valence-electron chi connectivity index (χ4n) is 2.77. The van der Waals surface area contributed by atoms with Crippen LogP contribution < -0.4 is 9.47 Å². The lowest BCUT2D eigenvalue weighted by molar-refractivity contribution is 0.295. The van der Waals surface area contributed by atoms with Crippen molar-refractivity contribution in [3.63, 3.8) is 0 Å². The number of hydrogen-bond donors (Lipinski definition) is 0. The van der Waals surface area contributed by atoms with Crippen molar-refractivity contribution in [1.82, 2.24) is 4.57 Å². The molecule has 3 nitrogen and oxygen atoms in total. The Balaban J connectivity index is 1.83. The number of fused-ring (bicyclic) bond motifs is 1. The zero-order valence-corrected chi connectivity index (χ0v) is 13.3. The van der Waals surface area contributed by atoms with Gasteiger partial charge in [0.1, 0.15) is 18.1 Å². The van der Waals surface area contributed by atoms with Crippen molar-refractivity contribution in [2.75, 3.05) is 7.11 Å². The largest absolute Gasteiger partial charge is 0.497 e. The summed E-state index contributed by atoms with van der Waals surface area (Å²) < 4.78 is 13.4. The summed E-state index contributed by atoms with van der Waals surface area (Å²) in [6.45, 7) is 5.79. The van der Waals surface area contributed by atoms with Crippen LogP contribution in [-0.4, -0.2) is 11.7 Å². The molecule has 0 saturated heterocycles. The molecule has 3 heteroatoms. The van der Waals surface area contributed by atoms with Crippen LogP contribution in [0.5, 0.6) is 11.5 Å². The van der Waals surface area contributed by atoms with Crippen molar-refractivity contribution in [3.8, 4) is 11.5 Å². The molecule has 114 valence electrons. The van der Waals surface area contributed by atoms with E-state index >= 15 is 0 Å². The van der Waals surface area contributed by atoms with E-state index in [-0.39, 0.29) is 0 Å². The molecular formula is C19H21NO2. The van der Waals surface area contributed by atoms with Crippen molar-refractivity contribution in [3.05, 3.63) is 59.8 Å². The lowest BCUT2D eigenvalue weighted by atomic mass is 10.2. The number of ether oxygens (including phenoxy) is 2. The maximum Gasteiger partial charge on any atom is 0.128 e. The van der Waals surface area contributed by atoms with Crippen LogP contribution in [0.25, 0.3) is 10.9 Å². The molecule has 0 bridgehead atoms. The molecule has 0 saturated carbocycles. The van der Waals surface area contributed by atoms with E-state index in [4.69, 9.17) is 9.47 Å². The zero-order valence-electron chi connectivity index (χ0n) is 13.3. The molecule has 0 fully saturated rings. The van der Waals surface area contributed by atoms with Gasteiger partial charge in [0.15, 0.2) is 0 Å². The number of aromatic nitrogens is 1. The Hall–Kier alpha value is -2.42. The van der Waals surface area contributed by atoms with Crippen molar-refractivity contribution < 1.29 is 9.47 Å². The summed E-state index contributed by atoms with van der Waals surface area (Å²) in [6.07, 6.45) is 0. The number of rotatable bonds is 5. The number of benzene rings is 2. The molecule has 0 radical (unpaired) electrons. The monoisotopic (exact) mass is 295 g/mol. The van der Waals surface area contributed by atoms with Crippen LogP contribution in [0.1, 0.15) is 18.2 Å². The maximum atomic E-state index is 5.92. The van der Waals surface area contributed by atoms with E-state index in [1.54, 1.807) is 7.11 Å². The molecule has 0 spiro atoms. The van der Waals surface area contributed by atoms with Crippen LogP contribution in [0, 0.1) is 6.92 Å². The molecular weight excluding hydrogens is 274 g/mol. The van der Waals surface area contributed by atoms with Gasteiger partial charge in [-0.3, -0.25) is 0 Å². The molecule has 1 heterocycles. The number of aryl methyl sites for hydroxylation is 2. The number of methoxy groups -OCH3 is 1. The fourth-order valence-corrected chi connectivity index (χ4v) is 2.77. The SMILES string of the molecule is CCn1c(COc2ccc(OC)cc2)cc2cc(C)ccc21. The minimum atomic E-state index is 0.563. The standard InChI is InChI=1S/C19H21NO2/c1-4-20-16(12-15-11-14(2)5-10-19(15)20)13-22-18-8-6-17(21-3)7-9-18/h5-12H,4,13H2,1-3H3. The smallest absolute Gasteiger partial charge is 0.128 e. The summed E-state index contributed by atoms with van der Waals surface area (Å²) in [4.78, 5) is 0. The van der Waals surface area contributed by atoms with Crippen molar-refractivity contribution >= 4 is 10.9 Å². The third kappa shape index (κ3) is 2.80. The Bertz CT molecular complexity index is 772. The third-order valence-corrected chi connectivity index (χ3v) is 3.91. The normalized spacial score (nSPS) is 10.9. The second-order valence-electron chi connectivity index (χ2n) is 5.41. The third-order valence-electron chi connectivity index (χ3n) is 3.91. The molecule has 0 unspecified atom stereocenters. The second kappa shape index (κ2) is 6.14. The first-order chi connectivity index (χ1) is 10.7. The summed E-state index contributed by atoms with van der Waals surface area (Å²) in [5.41, 5.74) is 3.74. The summed E-state index contributed by atoms with van der Waals surface area (Å²) in [6, 6.07) is 16.5. The van der Waals surface area contributed by atoms with Crippen LogP contribution in [0.3, 0.4) is 0 Å². The highest BCUT2D eigenvalue weighted by atomic mass is 16.5. The van der Waals surface area contributed by atoms with Crippen LogP contribution in [0.2, 0.25) is 0 Å². The molecule has 0 aliphatic carbocycles. The van der Waals surface area contributed by atoms with Gasteiger partial charge in [0.25, 0.3) is 0 Å². The van der Waals surface area contributed by atoms with E-state index in [1.807, 2.05) is 24.3 Å². The predicted molar refractivity (Wildman–Crippen MR) is 89.7 cm³/mol. The quantitative estimate of drug-likeness (QED) is 0.689. The highest BCUT2D eigenvalue weighted by Gasteiger charge is 2.08. The van der Waals surface area contributed by atoms with Gasteiger partial charge < -0.3 is 14.0 Å². The van der Waals surface area contributed by atoms with Gasteiger partial charge in [-0.15, -0.1) is 0 Å². The van der Waals surface area contributed by atoms with Gasteiger partial charge in [0.05, 0.1) is 12.8 Å². The van der Waals surface area contributed by atoms with E-state index in [1.165, 1.54) is 22.2 Å². The van der Waals surface area contributed by atoms with Crippen molar-refractivity contribution in [2.24, 2.45) is 0 Å². The second-order valence-corrected chi connectivity index (χ2v) is 5.41. The Morgan fingerprint density at radius 1 is 0.955 bits per heavy atom. The van der Waals surface area contributed by atoms with Gasteiger partial charge in [-0.2, -0.15) is 0 Å². The highest BCUT2D eigenvalue weighted by Crippen LogP contribution is 2.23. The molecule has 0 aliphatic rings. The number of hydrogen-bond acceptors (Lipinski definition) is 2. The fraction of sp³-hybridized carbons (Fsp3) is 0.263. The lowest BCUT2D eigenvalue weighted by Crippen LogP contribution is -2.04. The van der Waals surface area contributed by atoms with Gasteiger partial charge in [0.2, 0.25) is 0 Å². The van der Waals surface area contributed by atoms with Gasteiger partial charge in [-0.05, 0) is 56.3 Å². The van der Waals surface area contributed by atoms with E-state index < -0.39 is 0 Å². The Morgan fingerprint density at radius 3 is 2.36 bits per heavy atom. The molecule has 0 aliphatic heterocycles.